The summed E-state index contributed by atoms with van der Waals surface area (Å²) in [6.07, 6.45) is 3.68. The molecular weight excluding hydrogens is 104 g/mol. The molecular formula is C6H10O2. The highest BCUT2D eigenvalue weighted by Gasteiger charge is 2.38. The number of ether oxygens (including phenoxy) is 1. The van der Waals surface area contributed by atoms with Gasteiger partial charge < -0.3 is 9.84 Å². The summed E-state index contributed by atoms with van der Waals surface area (Å²) in [5.74, 6) is 0. The molecule has 2 aliphatic heterocycles. The van der Waals surface area contributed by atoms with Crippen LogP contribution in [0.4, 0.5) is 0 Å². The van der Waals surface area contributed by atoms with E-state index in [0.717, 1.165) is 12.8 Å². The minimum Gasteiger partial charge on any atom is -0.393 e. The lowest BCUT2D eigenvalue weighted by Crippen LogP contribution is -2.47. The lowest BCUT2D eigenvalue weighted by Gasteiger charge is -2.43. The SMILES string of the molecule is OC1CC2CC(C1)O2. The Morgan fingerprint density at radius 1 is 1.12 bits per heavy atom. The molecule has 1 N–H and O–H groups in total. The van der Waals surface area contributed by atoms with Crippen LogP contribution >= 0.6 is 0 Å². The molecule has 46 valence electrons. The fourth-order valence-electron chi connectivity index (χ4n) is 1.56. The Bertz CT molecular complexity index is 86.7. The third-order valence-electron chi connectivity index (χ3n) is 1.98. The zero-order chi connectivity index (χ0) is 5.56. The van der Waals surface area contributed by atoms with Gasteiger partial charge in [-0.25, -0.2) is 0 Å². The second-order valence-electron chi connectivity index (χ2n) is 2.74. The van der Waals surface area contributed by atoms with E-state index in [2.05, 4.69) is 0 Å². The molecule has 3 aliphatic rings. The molecule has 2 nitrogen and oxygen atoms in total. The zero-order valence-electron chi connectivity index (χ0n) is 4.71. The summed E-state index contributed by atoms with van der Waals surface area (Å²) >= 11 is 0. The van der Waals surface area contributed by atoms with E-state index in [-0.39, 0.29) is 6.10 Å². The molecule has 2 heteroatoms. The van der Waals surface area contributed by atoms with Gasteiger partial charge in [0.15, 0.2) is 0 Å². The van der Waals surface area contributed by atoms with E-state index < -0.39 is 0 Å². The van der Waals surface area contributed by atoms with Crippen molar-refractivity contribution in [2.45, 2.75) is 37.6 Å². The van der Waals surface area contributed by atoms with Gasteiger partial charge in [0.2, 0.25) is 0 Å². The number of aliphatic hydroxyl groups is 1. The fourth-order valence-corrected chi connectivity index (χ4v) is 1.56. The van der Waals surface area contributed by atoms with Crippen molar-refractivity contribution in [1.29, 1.82) is 0 Å². The lowest BCUT2D eigenvalue weighted by molar-refractivity contribution is -0.186. The van der Waals surface area contributed by atoms with Crippen molar-refractivity contribution >= 4 is 0 Å². The van der Waals surface area contributed by atoms with Crippen molar-refractivity contribution in [2.75, 3.05) is 0 Å². The van der Waals surface area contributed by atoms with E-state index in [1.165, 1.54) is 6.42 Å². The Labute approximate surface area is 48.5 Å². The lowest BCUT2D eigenvalue weighted by atomic mass is 9.87. The summed E-state index contributed by atoms with van der Waals surface area (Å²) in [5.41, 5.74) is 0. The Morgan fingerprint density at radius 2 is 1.62 bits per heavy atom. The monoisotopic (exact) mass is 114 g/mol. The van der Waals surface area contributed by atoms with Crippen molar-refractivity contribution < 1.29 is 9.84 Å². The molecule has 0 aromatic heterocycles. The summed E-state index contributed by atoms with van der Waals surface area (Å²) in [4.78, 5) is 0. The van der Waals surface area contributed by atoms with Crippen molar-refractivity contribution in [3.63, 3.8) is 0 Å². The van der Waals surface area contributed by atoms with Crippen LogP contribution in [0.5, 0.6) is 0 Å². The molecule has 1 aliphatic carbocycles. The van der Waals surface area contributed by atoms with Gasteiger partial charge in [-0.3, -0.25) is 0 Å². The quantitative estimate of drug-likeness (QED) is 0.490. The Hall–Kier alpha value is -0.0800. The van der Waals surface area contributed by atoms with E-state index in [9.17, 15) is 0 Å². The van der Waals surface area contributed by atoms with Crippen molar-refractivity contribution in [2.24, 2.45) is 0 Å². The van der Waals surface area contributed by atoms with Crippen LogP contribution in [0.15, 0.2) is 0 Å². The van der Waals surface area contributed by atoms with E-state index in [1.54, 1.807) is 0 Å². The molecule has 0 radical (unpaired) electrons. The van der Waals surface area contributed by atoms with Crippen LogP contribution in [-0.2, 0) is 4.74 Å². The maximum atomic E-state index is 9.03. The molecule has 1 saturated carbocycles. The van der Waals surface area contributed by atoms with Crippen molar-refractivity contribution in [3.05, 3.63) is 0 Å². The third kappa shape index (κ3) is 0.565. The van der Waals surface area contributed by atoms with Crippen LogP contribution in [0.3, 0.4) is 0 Å². The molecule has 2 atom stereocenters. The van der Waals surface area contributed by atoms with Crippen LogP contribution in [0.1, 0.15) is 19.3 Å². The molecule has 3 fully saturated rings. The first-order valence-electron chi connectivity index (χ1n) is 3.18. The van der Waals surface area contributed by atoms with Crippen molar-refractivity contribution in [1.82, 2.24) is 0 Å². The van der Waals surface area contributed by atoms with Crippen molar-refractivity contribution in [3.8, 4) is 0 Å². The average Bonchev–Trinajstić information content (AvgIpc) is 1.62. The summed E-state index contributed by atoms with van der Waals surface area (Å²) in [6, 6.07) is 0. The van der Waals surface area contributed by atoms with Gasteiger partial charge in [-0.1, -0.05) is 0 Å². The standard InChI is InChI=1S/C6H10O2/c7-4-1-5-3-6(2-4)8-5/h4-7H,1-3H2. The predicted molar refractivity (Wildman–Crippen MR) is 28.5 cm³/mol. The van der Waals surface area contributed by atoms with E-state index >= 15 is 0 Å². The van der Waals surface area contributed by atoms with Gasteiger partial charge in [0.05, 0.1) is 18.3 Å². The number of hydrogen-bond donors (Lipinski definition) is 1. The van der Waals surface area contributed by atoms with E-state index in [1.807, 2.05) is 0 Å². The van der Waals surface area contributed by atoms with E-state index in [0.29, 0.717) is 12.2 Å². The highest BCUT2D eigenvalue weighted by Crippen LogP contribution is 2.34. The average molecular weight is 114 g/mol. The summed E-state index contributed by atoms with van der Waals surface area (Å²) in [5, 5.41) is 9.03. The highest BCUT2D eigenvalue weighted by atomic mass is 16.5. The second-order valence-corrected chi connectivity index (χ2v) is 2.74. The molecule has 0 spiro atoms. The first-order valence-corrected chi connectivity index (χ1v) is 3.18. The van der Waals surface area contributed by atoms with E-state index in [4.69, 9.17) is 9.84 Å². The zero-order valence-corrected chi connectivity index (χ0v) is 4.71. The van der Waals surface area contributed by atoms with Gasteiger partial charge in [-0.05, 0) is 19.3 Å². The summed E-state index contributed by atoms with van der Waals surface area (Å²) < 4.78 is 5.29. The summed E-state index contributed by atoms with van der Waals surface area (Å²) in [6.45, 7) is 0. The Morgan fingerprint density at radius 3 is 1.88 bits per heavy atom. The molecule has 2 bridgehead atoms. The van der Waals surface area contributed by atoms with Gasteiger partial charge in [-0.15, -0.1) is 0 Å². The first kappa shape index (κ1) is 4.77. The third-order valence-corrected chi connectivity index (χ3v) is 1.98. The largest absolute Gasteiger partial charge is 0.393 e. The van der Waals surface area contributed by atoms with Crippen LogP contribution in [0.2, 0.25) is 0 Å². The Balaban J connectivity index is 1.97. The maximum absolute atomic E-state index is 9.03. The minimum atomic E-state index is -0.0625. The number of hydrogen-bond acceptors (Lipinski definition) is 2. The first-order chi connectivity index (χ1) is 3.84. The molecule has 2 unspecified atom stereocenters. The number of aliphatic hydroxyl groups excluding tert-OH is 1. The topological polar surface area (TPSA) is 29.5 Å². The normalized spacial score (nSPS) is 52.9. The molecule has 0 aromatic carbocycles. The van der Waals surface area contributed by atoms with Gasteiger partial charge in [0, 0.05) is 0 Å². The highest BCUT2D eigenvalue weighted by molar-refractivity contribution is 4.87. The van der Waals surface area contributed by atoms with Gasteiger partial charge >= 0.3 is 0 Å². The van der Waals surface area contributed by atoms with Gasteiger partial charge in [-0.2, -0.15) is 0 Å². The van der Waals surface area contributed by atoms with Crippen LogP contribution in [0.25, 0.3) is 0 Å². The molecule has 0 amide bonds. The van der Waals surface area contributed by atoms with Gasteiger partial charge in [0.1, 0.15) is 0 Å². The molecule has 0 aromatic rings. The minimum absolute atomic E-state index is 0.0625. The van der Waals surface area contributed by atoms with Gasteiger partial charge in [0.25, 0.3) is 0 Å². The molecule has 8 heavy (non-hydrogen) atoms. The number of rotatable bonds is 0. The fraction of sp³-hybridized carbons (Fsp3) is 1.00. The smallest absolute Gasteiger partial charge is 0.0628 e. The number of fused-ring (bicyclic) bond motifs is 2. The van der Waals surface area contributed by atoms with Crippen LogP contribution in [0, 0.1) is 0 Å². The van der Waals surface area contributed by atoms with Crippen LogP contribution < -0.4 is 0 Å². The summed E-state index contributed by atoms with van der Waals surface area (Å²) in [7, 11) is 0. The maximum Gasteiger partial charge on any atom is 0.0628 e. The molecule has 2 saturated heterocycles. The predicted octanol–water partition coefficient (Wildman–Crippen LogP) is 0.299. The molecule has 2 heterocycles. The van der Waals surface area contributed by atoms with Crippen LogP contribution in [-0.4, -0.2) is 23.4 Å². The second kappa shape index (κ2) is 1.45. The molecule has 3 rings (SSSR count). The Kier molecular flexibility index (Phi) is 0.866.